The van der Waals surface area contributed by atoms with Crippen LogP contribution in [0.3, 0.4) is 0 Å². The van der Waals surface area contributed by atoms with E-state index in [0.29, 0.717) is 15.2 Å². The third-order valence-electron chi connectivity index (χ3n) is 2.72. The molecule has 2 rings (SSSR count). The Hall–Kier alpha value is -2.12. The molecule has 0 heterocycles. The first kappa shape index (κ1) is 16.3. The highest BCUT2D eigenvalue weighted by molar-refractivity contribution is 9.10. The predicted octanol–water partition coefficient (Wildman–Crippen LogP) is 4.06. The van der Waals surface area contributed by atoms with Gasteiger partial charge in [-0.25, -0.2) is 0 Å². The maximum Gasteiger partial charge on any atom is 0.293 e. The lowest BCUT2D eigenvalue weighted by Crippen LogP contribution is -2.22. The van der Waals surface area contributed by atoms with E-state index in [9.17, 15) is 14.9 Å². The minimum atomic E-state index is -0.510. The number of nitro groups is 1. The second-order valence-electron chi connectivity index (χ2n) is 4.33. The highest BCUT2D eigenvalue weighted by Gasteiger charge is 2.14. The van der Waals surface area contributed by atoms with E-state index in [4.69, 9.17) is 11.6 Å². The number of hydrogen-bond donors (Lipinski definition) is 2. The summed E-state index contributed by atoms with van der Waals surface area (Å²) in [5.41, 5.74) is 0.773. The van der Waals surface area contributed by atoms with Gasteiger partial charge in [0.05, 0.1) is 11.5 Å². The number of halogens is 2. The summed E-state index contributed by atoms with van der Waals surface area (Å²) in [6.45, 7) is -0.0922. The largest absolute Gasteiger partial charge is 0.371 e. The minimum absolute atomic E-state index is 0.0922. The van der Waals surface area contributed by atoms with Crippen molar-refractivity contribution in [1.29, 1.82) is 0 Å². The molecule has 1 amide bonds. The number of nitro benzene ring substituents is 1. The standard InChI is InChI=1S/C14H11BrClN3O3/c15-9-1-6-12(13(7-9)19(21)22)17-8-14(20)18-11-4-2-10(16)3-5-11/h1-7,17H,8H2,(H,18,20). The predicted molar refractivity (Wildman–Crippen MR) is 89.4 cm³/mol. The first-order valence-corrected chi connectivity index (χ1v) is 7.36. The van der Waals surface area contributed by atoms with E-state index in [1.54, 1.807) is 30.3 Å². The summed E-state index contributed by atoms with van der Waals surface area (Å²) in [5.74, 6) is -0.320. The fourth-order valence-corrected chi connectivity index (χ4v) is 2.19. The summed E-state index contributed by atoms with van der Waals surface area (Å²) < 4.78 is 0.593. The van der Waals surface area contributed by atoms with Crippen molar-refractivity contribution in [3.05, 3.63) is 62.1 Å². The van der Waals surface area contributed by atoms with Crippen molar-refractivity contribution in [1.82, 2.24) is 0 Å². The topological polar surface area (TPSA) is 84.3 Å². The van der Waals surface area contributed by atoms with Crippen LogP contribution in [0.15, 0.2) is 46.9 Å². The van der Waals surface area contributed by atoms with Gasteiger partial charge in [-0.3, -0.25) is 14.9 Å². The lowest BCUT2D eigenvalue weighted by atomic mass is 10.2. The smallest absolute Gasteiger partial charge is 0.293 e. The first-order chi connectivity index (χ1) is 10.5. The van der Waals surface area contributed by atoms with Crippen LogP contribution in [-0.4, -0.2) is 17.4 Å². The summed E-state index contributed by atoms with van der Waals surface area (Å²) in [5, 5.41) is 17.0. The van der Waals surface area contributed by atoms with E-state index in [1.165, 1.54) is 12.1 Å². The Balaban J connectivity index is 1.99. The lowest BCUT2D eigenvalue weighted by molar-refractivity contribution is -0.384. The molecule has 6 nitrogen and oxygen atoms in total. The number of rotatable bonds is 5. The van der Waals surface area contributed by atoms with Crippen LogP contribution in [0.5, 0.6) is 0 Å². The Bertz CT molecular complexity index is 707. The van der Waals surface area contributed by atoms with Crippen LogP contribution < -0.4 is 10.6 Å². The molecule has 0 aliphatic rings. The number of carbonyl (C=O) groups excluding carboxylic acids is 1. The summed E-state index contributed by atoms with van der Waals surface area (Å²) in [6.07, 6.45) is 0. The Morgan fingerprint density at radius 1 is 1.23 bits per heavy atom. The average molecular weight is 385 g/mol. The number of anilines is 2. The minimum Gasteiger partial charge on any atom is -0.371 e. The summed E-state index contributed by atoms with van der Waals surface area (Å²) in [6, 6.07) is 11.2. The molecule has 0 aliphatic carbocycles. The molecule has 0 atom stereocenters. The number of nitrogens with zero attached hydrogens (tertiary/aromatic N) is 1. The summed E-state index contributed by atoms with van der Waals surface area (Å²) in [7, 11) is 0. The molecule has 2 aromatic rings. The fraction of sp³-hybridized carbons (Fsp3) is 0.0714. The number of amides is 1. The summed E-state index contributed by atoms with van der Waals surface area (Å²) in [4.78, 5) is 22.3. The third-order valence-corrected chi connectivity index (χ3v) is 3.47. The van der Waals surface area contributed by atoms with Crippen LogP contribution in [0.4, 0.5) is 17.1 Å². The van der Waals surface area contributed by atoms with Gasteiger partial charge < -0.3 is 10.6 Å². The maximum atomic E-state index is 11.8. The molecule has 0 unspecified atom stereocenters. The van der Waals surface area contributed by atoms with Gasteiger partial charge in [0, 0.05) is 21.2 Å². The van der Waals surface area contributed by atoms with E-state index >= 15 is 0 Å². The van der Waals surface area contributed by atoms with Crippen molar-refractivity contribution >= 4 is 50.5 Å². The Labute approximate surface area is 139 Å². The molecule has 2 N–H and O–H groups in total. The first-order valence-electron chi connectivity index (χ1n) is 6.19. The molecule has 114 valence electrons. The number of hydrogen-bond acceptors (Lipinski definition) is 4. The van der Waals surface area contributed by atoms with Crippen molar-refractivity contribution in [2.45, 2.75) is 0 Å². The van der Waals surface area contributed by atoms with Crippen LogP contribution in [0.1, 0.15) is 0 Å². The number of carbonyl (C=O) groups is 1. The monoisotopic (exact) mass is 383 g/mol. The van der Waals surface area contributed by atoms with Gasteiger partial charge in [0.15, 0.2) is 0 Å². The zero-order chi connectivity index (χ0) is 16.1. The molecule has 22 heavy (non-hydrogen) atoms. The van der Waals surface area contributed by atoms with Crippen LogP contribution in [-0.2, 0) is 4.79 Å². The van der Waals surface area contributed by atoms with Crippen LogP contribution >= 0.6 is 27.5 Å². The van der Waals surface area contributed by atoms with Gasteiger partial charge in [-0.2, -0.15) is 0 Å². The highest BCUT2D eigenvalue weighted by Crippen LogP contribution is 2.27. The Morgan fingerprint density at radius 2 is 1.91 bits per heavy atom. The maximum absolute atomic E-state index is 11.8. The molecule has 8 heteroatoms. The number of benzene rings is 2. The van der Waals surface area contributed by atoms with Gasteiger partial charge in [0.25, 0.3) is 5.69 Å². The van der Waals surface area contributed by atoms with E-state index < -0.39 is 4.92 Å². The molecule has 0 radical (unpaired) electrons. The van der Waals surface area contributed by atoms with E-state index in [2.05, 4.69) is 26.6 Å². The second kappa shape index (κ2) is 7.24. The van der Waals surface area contributed by atoms with Crippen LogP contribution in [0, 0.1) is 10.1 Å². The molecule has 2 aromatic carbocycles. The van der Waals surface area contributed by atoms with E-state index in [0.717, 1.165) is 0 Å². The van der Waals surface area contributed by atoms with Crippen molar-refractivity contribution in [3.63, 3.8) is 0 Å². The zero-order valence-corrected chi connectivity index (χ0v) is 13.5. The Morgan fingerprint density at radius 3 is 2.55 bits per heavy atom. The molecular weight excluding hydrogens is 374 g/mol. The third kappa shape index (κ3) is 4.44. The zero-order valence-electron chi connectivity index (χ0n) is 11.2. The quantitative estimate of drug-likeness (QED) is 0.601. The molecular formula is C14H11BrClN3O3. The van der Waals surface area contributed by atoms with Crippen molar-refractivity contribution in [2.24, 2.45) is 0 Å². The average Bonchev–Trinajstić information content (AvgIpc) is 2.48. The highest BCUT2D eigenvalue weighted by atomic mass is 79.9. The lowest BCUT2D eigenvalue weighted by Gasteiger charge is -2.08. The van der Waals surface area contributed by atoms with Crippen molar-refractivity contribution < 1.29 is 9.72 Å². The van der Waals surface area contributed by atoms with Gasteiger partial charge >= 0.3 is 0 Å². The van der Waals surface area contributed by atoms with Gasteiger partial charge in [-0.05, 0) is 36.4 Å². The van der Waals surface area contributed by atoms with Gasteiger partial charge in [-0.1, -0.05) is 27.5 Å². The second-order valence-corrected chi connectivity index (χ2v) is 5.68. The van der Waals surface area contributed by atoms with E-state index in [-0.39, 0.29) is 23.8 Å². The normalized spacial score (nSPS) is 10.1. The summed E-state index contributed by atoms with van der Waals surface area (Å²) >= 11 is 8.93. The molecule has 0 aromatic heterocycles. The van der Waals surface area contributed by atoms with Gasteiger partial charge in [0.1, 0.15) is 5.69 Å². The van der Waals surface area contributed by atoms with Crippen molar-refractivity contribution in [3.8, 4) is 0 Å². The van der Waals surface area contributed by atoms with E-state index in [1.807, 2.05) is 0 Å². The number of nitrogens with one attached hydrogen (secondary N) is 2. The van der Waals surface area contributed by atoms with Crippen molar-refractivity contribution in [2.75, 3.05) is 17.2 Å². The van der Waals surface area contributed by atoms with Crippen LogP contribution in [0.25, 0.3) is 0 Å². The molecule has 0 saturated carbocycles. The Kier molecular flexibility index (Phi) is 5.35. The van der Waals surface area contributed by atoms with Gasteiger partial charge in [0.2, 0.25) is 5.91 Å². The molecule has 0 fully saturated rings. The molecule has 0 aliphatic heterocycles. The molecule has 0 spiro atoms. The van der Waals surface area contributed by atoms with Gasteiger partial charge in [-0.15, -0.1) is 0 Å². The fourth-order valence-electron chi connectivity index (χ4n) is 1.72. The SMILES string of the molecule is O=C(CNc1ccc(Br)cc1[N+](=O)[O-])Nc1ccc(Cl)cc1. The molecule has 0 bridgehead atoms. The van der Waals surface area contributed by atoms with Crippen LogP contribution in [0.2, 0.25) is 5.02 Å². The molecule has 0 saturated heterocycles.